The predicted molar refractivity (Wildman–Crippen MR) is 64.4 cm³/mol. The summed E-state index contributed by atoms with van der Waals surface area (Å²) in [6, 6.07) is 4.75. The Labute approximate surface area is 100 Å². The van der Waals surface area contributed by atoms with Gasteiger partial charge < -0.3 is 0 Å². The Kier molecular flexibility index (Phi) is 4.02. The number of rotatable bonds is 3. The topological polar surface area (TPSA) is 0 Å². The Bertz CT molecular complexity index is 325. The first-order valence-electron chi connectivity index (χ1n) is 4.93. The second-order valence-electron chi connectivity index (χ2n) is 4.47. The van der Waals surface area contributed by atoms with Gasteiger partial charge in [0.15, 0.2) is 0 Å². The molecule has 1 atom stereocenters. The summed E-state index contributed by atoms with van der Waals surface area (Å²) in [7, 11) is 0. The van der Waals surface area contributed by atoms with E-state index in [0.717, 1.165) is 0 Å². The van der Waals surface area contributed by atoms with Crippen LogP contribution in [-0.4, -0.2) is 5.38 Å². The van der Waals surface area contributed by atoms with Gasteiger partial charge in [-0.05, 0) is 30.9 Å². The summed E-state index contributed by atoms with van der Waals surface area (Å²) < 4.78 is 13.7. The smallest absolute Gasteiger partial charge is 0.128 e. The maximum atomic E-state index is 13.7. The molecule has 0 bridgehead atoms. The molecule has 0 fully saturated rings. The Hall–Kier alpha value is -0.270. The zero-order chi connectivity index (χ0) is 11.6. The summed E-state index contributed by atoms with van der Waals surface area (Å²) in [5, 5.41) is 0.466. The van der Waals surface area contributed by atoms with E-state index in [1.54, 1.807) is 12.1 Å². The zero-order valence-corrected chi connectivity index (χ0v) is 10.7. The third-order valence-corrected chi connectivity index (χ3v) is 2.90. The van der Waals surface area contributed by atoms with Crippen LogP contribution in [0.3, 0.4) is 0 Å². The van der Waals surface area contributed by atoms with Gasteiger partial charge in [-0.25, -0.2) is 4.39 Å². The molecular weight excluding hydrogens is 234 g/mol. The van der Waals surface area contributed by atoms with E-state index in [0.29, 0.717) is 17.0 Å². The first-order chi connectivity index (χ1) is 6.84. The Morgan fingerprint density at radius 2 is 2.00 bits per heavy atom. The molecule has 0 saturated heterocycles. The number of hydrogen-bond donors (Lipinski definition) is 0. The summed E-state index contributed by atoms with van der Waals surface area (Å²) in [6.45, 7) is 5.81. The molecule has 0 aromatic heterocycles. The first kappa shape index (κ1) is 12.8. The average molecular weight is 249 g/mol. The highest BCUT2D eigenvalue weighted by Gasteiger charge is 2.28. The molecule has 1 rings (SSSR count). The third-order valence-electron chi connectivity index (χ3n) is 2.43. The lowest BCUT2D eigenvalue weighted by Crippen LogP contribution is -2.23. The van der Waals surface area contributed by atoms with Gasteiger partial charge in [0.05, 0.1) is 0 Å². The molecule has 3 heteroatoms. The molecule has 15 heavy (non-hydrogen) atoms. The molecule has 0 aliphatic rings. The standard InChI is InChI=1S/C12H15Cl2F/c1-8(13)7-12(2,3)11-9(14)5-4-6-10(11)15/h4-6,8H,7H2,1-3H3. The minimum Gasteiger partial charge on any atom is -0.207 e. The number of alkyl halides is 1. The van der Waals surface area contributed by atoms with E-state index in [9.17, 15) is 4.39 Å². The minimum absolute atomic E-state index is 0.00401. The highest BCUT2D eigenvalue weighted by Crippen LogP contribution is 2.36. The van der Waals surface area contributed by atoms with Gasteiger partial charge in [0.2, 0.25) is 0 Å². The summed E-state index contributed by atoms with van der Waals surface area (Å²) in [5.74, 6) is -0.259. The van der Waals surface area contributed by atoms with Crippen molar-refractivity contribution in [3.8, 4) is 0 Å². The highest BCUT2D eigenvalue weighted by atomic mass is 35.5. The Balaban J connectivity index is 3.14. The SMILES string of the molecule is CC(Cl)CC(C)(C)c1c(F)cccc1Cl. The molecular formula is C12H15Cl2F. The Morgan fingerprint density at radius 1 is 1.40 bits per heavy atom. The molecule has 1 aromatic rings. The third kappa shape index (κ3) is 3.09. The van der Waals surface area contributed by atoms with E-state index in [1.165, 1.54) is 6.07 Å². The second kappa shape index (κ2) is 4.71. The number of hydrogen-bond acceptors (Lipinski definition) is 0. The molecule has 0 radical (unpaired) electrons. The molecule has 0 heterocycles. The zero-order valence-electron chi connectivity index (χ0n) is 9.15. The van der Waals surface area contributed by atoms with Crippen molar-refractivity contribution < 1.29 is 4.39 Å². The van der Waals surface area contributed by atoms with Gasteiger partial charge in [-0.1, -0.05) is 31.5 Å². The first-order valence-corrected chi connectivity index (χ1v) is 5.74. The van der Waals surface area contributed by atoms with Crippen LogP contribution < -0.4 is 0 Å². The van der Waals surface area contributed by atoms with Crippen molar-refractivity contribution in [3.05, 3.63) is 34.6 Å². The molecule has 1 unspecified atom stereocenters. The van der Waals surface area contributed by atoms with Crippen molar-refractivity contribution in [2.24, 2.45) is 0 Å². The Morgan fingerprint density at radius 3 is 2.47 bits per heavy atom. The fourth-order valence-electron chi connectivity index (χ4n) is 1.95. The number of benzene rings is 1. The minimum atomic E-state index is -0.344. The van der Waals surface area contributed by atoms with Crippen LogP contribution >= 0.6 is 23.2 Å². The van der Waals surface area contributed by atoms with Crippen LogP contribution in [0.25, 0.3) is 0 Å². The molecule has 0 amide bonds. The highest BCUT2D eigenvalue weighted by molar-refractivity contribution is 6.31. The van der Waals surface area contributed by atoms with Gasteiger partial charge in [-0.3, -0.25) is 0 Å². The van der Waals surface area contributed by atoms with Crippen molar-refractivity contribution in [2.75, 3.05) is 0 Å². The lowest BCUT2D eigenvalue weighted by atomic mass is 9.80. The van der Waals surface area contributed by atoms with Gasteiger partial charge in [0.1, 0.15) is 5.82 Å². The fraction of sp³-hybridized carbons (Fsp3) is 0.500. The monoisotopic (exact) mass is 248 g/mol. The maximum absolute atomic E-state index is 13.7. The van der Waals surface area contributed by atoms with E-state index >= 15 is 0 Å². The van der Waals surface area contributed by atoms with Crippen LogP contribution in [0.2, 0.25) is 5.02 Å². The van der Waals surface area contributed by atoms with Crippen LogP contribution in [0.15, 0.2) is 18.2 Å². The largest absolute Gasteiger partial charge is 0.207 e. The summed E-state index contributed by atoms with van der Waals surface area (Å²) >= 11 is 12.0. The second-order valence-corrected chi connectivity index (χ2v) is 5.62. The lowest BCUT2D eigenvalue weighted by Gasteiger charge is -2.27. The maximum Gasteiger partial charge on any atom is 0.128 e. The molecule has 0 saturated carbocycles. The summed E-state index contributed by atoms with van der Waals surface area (Å²) in [6.07, 6.45) is 0.690. The molecule has 0 nitrogen and oxygen atoms in total. The summed E-state index contributed by atoms with van der Waals surface area (Å²) in [5.41, 5.74) is 0.211. The van der Waals surface area contributed by atoms with E-state index in [2.05, 4.69) is 0 Å². The van der Waals surface area contributed by atoms with Gasteiger partial charge >= 0.3 is 0 Å². The molecule has 0 N–H and O–H groups in total. The van der Waals surface area contributed by atoms with E-state index in [1.807, 2.05) is 20.8 Å². The van der Waals surface area contributed by atoms with Crippen LogP contribution in [-0.2, 0) is 5.41 Å². The van der Waals surface area contributed by atoms with E-state index in [4.69, 9.17) is 23.2 Å². The quantitative estimate of drug-likeness (QED) is 0.676. The molecule has 1 aromatic carbocycles. The van der Waals surface area contributed by atoms with E-state index < -0.39 is 0 Å². The fourth-order valence-corrected chi connectivity index (χ4v) is 2.75. The van der Waals surface area contributed by atoms with Crippen molar-refractivity contribution in [1.82, 2.24) is 0 Å². The molecule has 84 valence electrons. The van der Waals surface area contributed by atoms with Crippen molar-refractivity contribution in [2.45, 2.75) is 38.0 Å². The van der Waals surface area contributed by atoms with E-state index in [-0.39, 0.29) is 16.6 Å². The van der Waals surface area contributed by atoms with Crippen molar-refractivity contribution in [3.63, 3.8) is 0 Å². The van der Waals surface area contributed by atoms with Crippen LogP contribution in [0.4, 0.5) is 4.39 Å². The van der Waals surface area contributed by atoms with Gasteiger partial charge in [-0.2, -0.15) is 0 Å². The normalized spacial score (nSPS) is 14.0. The van der Waals surface area contributed by atoms with Gasteiger partial charge in [-0.15, -0.1) is 11.6 Å². The molecule has 0 spiro atoms. The van der Waals surface area contributed by atoms with Gasteiger partial charge in [0, 0.05) is 16.0 Å². The molecule has 0 aliphatic heterocycles. The van der Waals surface area contributed by atoms with Crippen LogP contribution in [0.1, 0.15) is 32.8 Å². The average Bonchev–Trinajstić information content (AvgIpc) is 1.99. The van der Waals surface area contributed by atoms with Gasteiger partial charge in [0.25, 0.3) is 0 Å². The van der Waals surface area contributed by atoms with Crippen molar-refractivity contribution in [1.29, 1.82) is 0 Å². The van der Waals surface area contributed by atoms with Crippen molar-refractivity contribution >= 4 is 23.2 Å². The summed E-state index contributed by atoms with van der Waals surface area (Å²) in [4.78, 5) is 0. The lowest BCUT2D eigenvalue weighted by molar-refractivity contribution is 0.448. The molecule has 0 aliphatic carbocycles. The van der Waals surface area contributed by atoms with Crippen LogP contribution in [0.5, 0.6) is 0 Å². The van der Waals surface area contributed by atoms with Crippen LogP contribution in [0, 0.1) is 5.82 Å². The number of halogens is 3. The predicted octanol–water partition coefficient (Wildman–Crippen LogP) is 4.77.